The quantitative estimate of drug-likeness (QED) is 0.668. The predicted molar refractivity (Wildman–Crippen MR) is 69.4 cm³/mol. The first-order valence-electron chi connectivity index (χ1n) is 4.87. The van der Waals surface area contributed by atoms with Crippen LogP contribution < -0.4 is 4.74 Å². The molecular formula is C11H9FO4S2. The number of fused-ring (bicyclic) bond motifs is 1. The van der Waals surface area contributed by atoms with Crippen LogP contribution in [0.2, 0.25) is 0 Å². The minimum atomic E-state index is -0.809. The molecule has 0 saturated heterocycles. The lowest BCUT2D eigenvalue weighted by Gasteiger charge is -2.04. The maximum absolute atomic E-state index is 13.8. The molecule has 0 aliphatic rings. The Morgan fingerprint density at radius 3 is 2.89 bits per heavy atom. The van der Waals surface area contributed by atoms with Crippen molar-refractivity contribution >= 4 is 39.2 Å². The number of Topliss-reactive ketones (excluding diaryl/α,β-unsaturated/α-hetero) is 1. The monoisotopic (exact) mass is 288 g/mol. The molecular weight excluding hydrogens is 279 g/mol. The Bertz CT molecular complexity index is 609. The smallest absolute Gasteiger partial charge is 0.195 e. The Hall–Kier alpha value is -1.31. The molecule has 0 radical (unpaired) electrons. The van der Waals surface area contributed by atoms with E-state index in [4.69, 9.17) is 9.29 Å². The number of carbonyl (C=O) groups excluding carboxylic acids is 1. The maximum Gasteiger partial charge on any atom is 0.195 e. The van der Waals surface area contributed by atoms with Crippen LogP contribution in [0.4, 0.5) is 4.39 Å². The molecule has 1 aromatic carbocycles. The number of methoxy groups -OCH3 is 1. The summed E-state index contributed by atoms with van der Waals surface area (Å²) >= 11 is 1.51. The summed E-state index contributed by atoms with van der Waals surface area (Å²) < 4.78 is 27.8. The van der Waals surface area contributed by atoms with Crippen LogP contribution in [-0.4, -0.2) is 28.3 Å². The van der Waals surface area contributed by atoms with Gasteiger partial charge in [-0.2, -0.15) is 0 Å². The van der Waals surface area contributed by atoms with Crippen LogP contribution in [0.15, 0.2) is 12.1 Å². The molecule has 1 heterocycles. The number of ether oxygens (including phenoxy) is 1. The van der Waals surface area contributed by atoms with E-state index in [9.17, 15) is 14.3 Å². The van der Waals surface area contributed by atoms with Gasteiger partial charge in [0.2, 0.25) is 0 Å². The van der Waals surface area contributed by atoms with Gasteiger partial charge in [-0.15, -0.1) is 11.3 Å². The topological polar surface area (TPSA) is 66.8 Å². The predicted octanol–water partition coefficient (Wildman–Crippen LogP) is 3.14. The zero-order valence-corrected chi connectivity index (χ0v) is 10.9. The molecule has 0 amide bonds. The van der Waals surface area contributed by atoms with E-state index >= 15 is 0 Å². The van der Waals surface area contributed by atoms with E-state index in [0.717, 1.165) is 11.3 Å². The third-order valence-electron chi connectivity index (χ3n) is 2.39. The highest BCUT2D eigenvalue weighted by atomic mass is 32.2. The molecule has 96 valence electrons. The van der Waals surface area contributed by atoms with Gasteiger partial charge in [0.25, 0.3) is 0 Å². The second-order valence-corrected chi connectivity index (χ2v) is 5.09. The van der Waals surface area contributed by atoms with E-state index < -0.39 is 11.6 Å². The van der Waals surface area contributed by atoms with Gasteiger partial charge in [0.05, 0.1) is 17.7 Å². The molecule has 4 nitrogen and oxygen atoms in total. The van der Waals surface area contributed by atoms with Crippen LogP contribution in [0.5, 0.6) is 11.5 Å². The number of rotatable bonds is 4. The minimum Gasteiger partial charge on any atom is -0.502 e. The highest BCUT2D eigenvalue weighted by Gasteiger charge is 2.18. The molecule has 0 aliphatic carbocycles. The third kappa shape index (κ3) is 2.16. The van der Waals surface area contributed by atoms with E-state index in [1.165, 1.54) is 19.2 Å². The molecule has 0 fully saturated rings. The number of ketones is 1. The van der Waals surface area contributed by atoms with Crippen LogP contribution in [0.1, 0.15) is 9.67 Å². The third-order valence-corrected chi connectivity index (χ3v) is 3.91. The van der Waals surface area contributed by atoms with Crippen molar-refractivity contribution in [1.82, 2.24) is 0 Å². The normalized spacial score (nSPS) is 10.8. The molecule has 7 heteroatoms. The molecule has 2 N–H and O–H groups in total. The van der Waals surface area contributed by atoms with E-state index in [0.29, 0.717) is 21.6 Å². The largest absolute Gasteiger partial charge is 0.502 e. The Balaban J connectivity index is 2.58. The molecule has 0 bridgehead atoms. The van der Waals surface area contributed by atoms with Gasteiger partial charge in [-0.25, -0.2) is 4.39 Å². The van der Waals surface area contributed by atoms with Crippen molar-refractivity contribution in [3.05, 3.63) is 22.8 Å². The summed E-state index contributed by atoms with van der Waals surface area (Å²) in [7, 11) is 1.32. The number of carbonyl (C=O) groups is 1. The van der Waals surface area contributed by atoms with E-state index in [1.54, 1.807) is 0 Å². The summed E-state index contributed by atoms with van der Waals surface area (Å²) in [5, 5.41) is 9.69. The van der Waals surface area contributed by atoms with Gasteiger partial charge >= 0.3 is 0 Å². The second-order valence-electron chi connectivity index (χ2n) is 3.46. The molecule has 0 unspecified atom stereocenters. The number of phenolic OH excluding ortho intramolecular Hbond substituents is 1. The van der Waals surface area contributed by atoms with Crippen molar-refractivity contribution in [2.24, 2.45) is 0 Å². The fourth-order valence-corrected chi connectivity index (χ4v) is 2.92. The number of thiophene rings is 1. The zero-order chi connectivity index (χ0) is 13.3. The van der Waals surface area contributed by atoms with Gasteiger partial charge in [0.15, 0.2) is 23.1 Å². The molecule has 18 heavy (non-hydrogen) atoms. The van der Waals surface area contributed by atoms with Gasteiger partial charge in [-0.05, 0) is 18.1 Å². The minimum absolute atomic E-state index is 0.0254. The van der Waals surface area contributed by atoms with Gasteiger partial charge in [0.1, 0.15) is 0 Å². The SMILES string of the molecule is COc1cc2sc(C(=O)CSO)cc2c(F)c1O. The molecule has 0 spiro atoms. The molecule has 0 aliphatic heterocycles. The number of hydrogen-bond acceptors (Lipinski definition) is 6. The van der Waals surface area contributed by atoms with Crippen molar-refractivity contribution in [2.45, 2.75) is 0 Å². The summed E-state index contributed by atoms with van der Waals surface area (Å²) in [5.41, 5.74) is 0. The lowest BCUT2D eigenvalue weighted by atomic mass is 10.2. The van der Waals surface area contributed by atoms with Crippen LogP contribution in [0, 0.1) is 5.82 Å². The summed E-state index contributed by atoms with van der Waals surface area (Å²) in [5.74, 6) is -1.73. The Labute approximate surface area is 110 Å². The van der Waals surface area contributed by atoms with E-state index in [1.807, 2.05) is 0 Å². The number of halogens is 1. The van der Waals surface area contributed by atoms with Crippen molar-refractivity contribution in [3.8, 4) is 11.5 Å². The number of benzene rings is 1. The van der Waals surface area contributed by atoms with Crippen LogP contribution in [-0.2, 0) is 0 Å². The van der Waals surface area contributed by atoms with Gasteiger partial charge in [-0.3, -0.25) is 4.79 Å². The highest BCUT2D eigenvalue weighted by Crippen LogP contribution is 2.39. The van der Waals surface area contributed by atoms with Crippen molar-refractivity contribution in [2.75, 3.05) is 12.9 Å². The lowest BCUT2D eigenvalue weighted by molar-refractivity contribution is 0.102. The van der Waals surface area contributed by atoms with Crippen molar-refractivity contribution in [1.29, 1.82) is 0 Å². The van der Waals surface area contributed by atoms with Gasteiger partial charge in [-0.1, -0.05) is 0 Å². The average Bonchev–Trinajstić information content (AvgIpc) is 2.78. The van der Waals surface area contributed by atoms with Crippen molar-refractivity contribution in [3.63, 3.8) is 0 Å². The standard InChI is InChI=1S/C11H9FO4S2/c1-16-7-3-8-5(10(12)11(7)14)2-9(18-8)6(13)4-17-15/h2-3,14-15H,4H2,1H3. The first kappa shape index (κ1) is 13.1. The lowest BCUT2D eigenvalue weighted by Crippen LogP contribution is -1.98. The zero-order valence-electron chi connectivity index (χ0n) is 9.27. The summed E-state index contributed by atoms with van der Waals surface area (Å²) in [4.78, 5) is 11.9. The molecule has 0 saturated carbocycles. The first-order valence-corrected chi connectivity index (χ1v) is 6.63. The summed E-state index contributed by atoms with van der Waals surface area (Å²) in [6.07, 6.45) is 0. The summed E-state index contributed by atoms with van der Waals surface area (Å²) in [6.45, 7) is 0. The van der Waals surface area contributed by atoms with Crippen LogP contribution >= 0.6 is 23.4 Å². The number of aromatic hydroxyl groups is 1. The Morgan fingerprint density at radius 1 is 1.56 bits per heavy atom. The maximum atomic E-state index is 13.8. The van der Waals surface area contributed by atoms with Gasteiger partial charge in [0, 0.05) is 16.2 Å². The van der Waals surface area contributed by atoms with Crippen molar-refractivity contribution < 1.29 is 23.6 Å². The highest BCUT2D eigenvalue weighted by molar-refractivity contribution is 7.94. The molecule has 2 aromatic rings. The molecule has 1 aromatic heterocycles. The second kappa shape index (κ2) is 5.13. The van der Waals surface area contributed by atoms with Crippen LogP contribution in [0.3, 0.4) is 0 Å². The van der Waals surface area contributed by atoms with Gasteiger partial charge < -0.3 is 14.4 Å². The molecule has 2 rings (SSSR count). The fourth-order valence-electron chi connectivity index (χ4n) is 1.53. The van der Waals surface area contributed by atoms with E-state index in [-0.39, 0.29) is 22.7 Å². The molecule has 0 atom stereocenters. The van der Waals surface area contributed by atoms with E-state index in [2.05, 4.69) is 0 Å². The fraction of sp³-hybridized carbons (Fsp3) is 0.182. The van der Waals surface area contributed by atoms with Crippen LogP contribution in [0.25, 0.3) is 10.1 Å². The average molecular weight is 288 g/mol. The first-order chi connectivity index (χ1) is 8.58. The Kier molecular flexibility index (Phi) is 3.74. The Morgan fingerprint density at radius 2 is 2.28 bits per heavy atom. The number of phenols is 1. The summed E-state index contributed by atoms with van der Waals surface area (Å²) in [6, 6.07) is 2.84. The number of hydrogen-bond donors (Lipinski definition) is 2.